The summed E-state index contributed by atoms with van der Waals surface area (Å²) < 4.78 is 5.48. The van der Waals surface area contributed by atoms with Crippen molar-refractivity contribution in [2.75, 3.05) is 23.4 Å². The van der Waals surface area contributed by atoms with Crippen molar-refractivity contribution in [2.24, 2.45) is 5.73 Å². The second-order valence-corrected chi connectivity index (χ2v) is 9.24. The Balaban J connectivity index is 1.46. The predicted molar refractivity (Wildman–Crippen MR) is 135 cm³/mol. The van der Waals surface area contributed by atoms with Crippen molar-refractivity contribution in [2.45, 2.75) is 51.0 Å². The highest BCUT2D eigenvalue weighted by Gasteiger charge is 2.40. The van der Waals surface area contributed by atoms with Crippen LogP contribution in [0.3, 0.4) is 0 Å². The molecular formula is C26H31N5O5. The minimum Gasteiger partial charge on any atom is -0.384 e. The quantitative estimate of drug-likeness (QED) is 0.356. The van der Waals surface area contributed by atoms with Gasteiger partial charge in [0.1, 0.15) is 5.84 Å². The summed E-state index contributed by atoms with van der Waals surface area (Å²) in [5.74, 6) is -1.55. The predicted octanol–water partition coefficient (Wildman–Crippen LogP) is 1.72. The van der Waals surface area contributed by atoms with Crippen LogP contribution in [0.15, 0.2) is 48.5 Å². The summed E-state index contributed by atoms with van der Waals surface area (Å²) >= 11 is 0. The second-order valence-electron chi connectivity index (χ2n) is 9.24. The number of nitrogens with zero attached hydrogens (tertiary/aromatic N) is 2. The summed E-state index contributed by atoms with van der Waals surface area (Å²) in [6.45, 7) is 4.41. The van der Waals surface area contributed by atoms with E-state index < -0.39 is 24.0 Å². The number of aliphatic hydroxyl groups excluding tert-OH is 1. The molecule has 0 unspecified atom stereocenters. The van der Waals surface area contributed by atoms with E-state index in [0.717, 1.165) is 12.8 Å². The van der Waals surface area contributed by atoms with Crippen molar-refractivity contribution in [3.05, 3.63) is 59.7 Å². The number of amides is 3. The van der Waals surface area contributed by atoms with E-state index in [-0.39, 0.29) is 37.0 Å². The molecule has 2 fully saturated rings. The van der Waals surface area contributed by atoms with E-state index >= 15 is 0 Å². The maximum absolute atomic E-state index is 13.2. The van der Waals surface area contributed by atoms with E-state index in [9.17, 15) is 19.5 Å². The van der Waals surface area contributed by atoms with Crippen LogP contribution in [0, 0.1) is 5.41 Å². The molecule has 36 heavy (non-hydrogen) atoms. The molecule has 0 aromatic heterocycles. The number of nitrogen functional groups attached to an aromatic ring is 1. The molecule has 0 aliphatic carbocycles. The molecule has 4 rings (SSSR count). The molecule has 2 aromatic rings. The van der Waals surface area contributed by atoms with E-state index in [0.29, 0.717) is 22.5 Å². The number of rotatable bonds is 6. The summed E-state index contributed by atoms with van der Waals surface area (Å²) in [4.78, 5) is 42.3. The van der Waals surface area contributed by atoms with E-state index in [1.165, 1.54) is 4.90 Å². The number of benzene rings is 2. The molecule has 10 heteroatoms. The Hall–Kier alpha value is -3.76. The zero-order valence-electron chi connectivity index (χ0n) is 20.3. The minimum absolute atomic E-state index is 0.0817. The average Bonchev–Trinajstić information content (AvgIpc) is 3.21. The molecule has 3 amide bonds. The van der Waals surface area contributed by atoms with Crippen LogP contribution < -0.4 is 16.0 Å². The molecule has 2 aliphatic rings. The molecule has 190 valence electrons. The maximum Gasteiger partial charge on any atom is 0.259 e. The number of aliphatic hydroxyl groups is 1. The zero-order valence-corrected chi connectivity index (χ0v) is 20.3. The summed E-state index contributed by atoms with van der Waals surface area (Å²) in [5.41, 5.74) is 7.29. The van der Waals surface area contributed by atoms with Gasteiger partial charge >= 0.3 is 0 Å². The van der Waals surface area contributed by atoms with Crippen LogP contribution in [0.1, 0.15) is 42.6 Å². The van der Waals surface area contributed by atoms with Gasteiger partial charge < -0.3 is 30.7 Å². The van der Waals surface area contributed by atoms with Gasteiger partial charge in [-0.15, -0.1) is 0 Å². The molecule has 4 atom stereocenters. The minimum atomic E-state index is -1.75. The molecule has 10 nitrogen and oxygen atoms in total. The number of hydrogen-bond donors (Lipinski definition) is 4. The van der Waals surface area contributed by atoms with Crippen molar-refractivity contribution in [3.8, 4) is 0 Å². The number of likely N-dealkylation sites (tertiary alicyclic amines) is 1. The van der Waals surface area contributed by atoms with Crippen molar-refractivity contribution in [1.82, 2.24) is 4.90 Å². The fourth-order valence-corrected chi connectivity index (χ4v) is 4.73. The van der Waals surface area contributed by atoms with Crippen LogP contribution in [0.5, 0.6) is 0 Å². The smallest absolute Gasteiger partial charge is 0.259 e. The molecule has 0 bridgehead atoms. The maximum atomic E-state index is 13.2. The lowest BCUT2D eigenvalue weighted by Crippen LogP contribution is -2.55. The average molecular weight is 494 g/mol. The summed E-state index contributed by atoms with van der Waals surface area (Å²) in [6.07, 6.45) is -1.23. The first-order valence-corrected chi connectivity index (χ1v) is 12.0. The fourth-order valence-electron chi connectivity index (χ4n) is 4.73. The van der Waals surface area contributed by atoms with Crippen molar-refractivity contribution < 1.29 is 24.2 Å². The Labute approximate surface area is 209 Å². The normalized spacial score (nSPS) is 22.9. The zero-order chi connectivity index (χ0) is 26.0. The van der Waals surface area contributed by atoms with E-state index in [1.54, 1.807) is 48.5 Å². The van der Waals surface area contributed by atoms with Gasteiger partial charge in [0, 0.05) is 41.1 Å². The number of morpholine rings is 1. The highest BCUT2D eigenvalue weighted by atomic mass is 16.5. The van der Waals surface area contributed by atoms with Crippen molar-refractivity contribution in [3.63, 3.8) is 0 Å². The summed E-state index contributed by atoms with van der Waals surface area (Å²) in [6, 6.07) is 13.4. The Bertz CT molecular complexity index is 1160. The third kappa shape index (κ3) is 5.09. The molecule has 5 N–H and O–H groups in total. The van der Waals surface area contributed by atoms with Gasteiger partial charge in [0.15, 0.2) is 12.2 Å². The van der Waals surface area contributed by atoms with Crippen LogP contribution in [0.4, 0.5) is 11.4 Å². The molecule has 0 spiro atoms. The van der Waals surface area contributed by atoms with Crippen LogP contribution >= 0.6 is 0 Å². The van der Waals surface area contributed by atoms with Crippen LogP contribution in [-0.2, 0) is 14.3 Å². The number of ether oxygens (including phenoxy) is 1. The molecule has 0 radical (unpaired) electrons. The lowest BCUT2D eigenvalue weighted by atomic mass is 10.1. The first kappa shape index (κ1) is 25.3. The first-order chi connectivity index (χ1) is 17.2. The second kappa shape index (κ2) is 10.5. The molecule has 0 saturated carbocycles. The lowest BCUT2D eigenvalue weighted by molar-refractivity contribution is -0.150. The number of carbonyl (C=O) groups excluding carboxylic acids is 3. The Morgan fingerprint density at radius 3 is 2.42 bits per heavy atom. The largest absolute Gasteiger partial charge is 0.384 e. The SMILES string of the molecule is C[C@@H]1CC[C@@H](C)N1C(=O)c1cccc(N2CCO[C@H]([C@@H](O)C(=O)Nc3ccc(C(=N)N)cc3)C2=O)c1. The van der Waals surface area contributed by atoms with Gasteiger partial charge in [-0.05, 0) is 69.2 Å². The number of hydrogen-bond acceptors (Lipinski definition) is 6. The first-order valence-electron chi connectivity index (χ1n) is 12.0. The van der Waals surface area contributed by atoms with Gasteiger partial charge in [-0.3, -0.25) is 19.8 Å². The Kier molecular flexibility index (Phi) is 7.37. The van der Waals surface area contributed by atoms with Crippen LogP contribution in [0.25, 0.3) is 0 Å². The van der Waals surface area contributed by atoms with Gasteiger partial charge in [0.2, 0.25) is 0 Å². The van der Waals surface area contributed by atoms with E-state index in [2.05, 4.69) is 5.32 Å². The number of anilines is 2. The van der Waals surface area contributed by atoms with Gasteiger partial charge in [-0.25, -0.2) is 0 Å². The van der Waals surface area contributed by atoms with E-state index in [1.807, 2.05) is 18.7 Å². The Morgan fingerprint density at radius 1 is 1.11 bits per heavy atom. The standard InChI is InChI=1S/C26H31N5O5/c1-15-6-7-16(2)31(15)25(34)18-4-3-5-20(14-18)30-12-13-36-22(26(30)35)21(32)24(33)29-19-10-8-17(9-11-19)23(27)28/h3-5,8-11,14-16,21-22,32H,6-7,12-13H2,1-2H3,(H3,27,28)(H,29,33)/t15-,16-,21-,22-/m1/s1. The highest BCUT2D eigenvalue weighted by molar-refractivity contribution is 6.05. The number of nitrogens with one attached hydrogen (secondary N) is 2. The lowest BCUT2D eigenvalue weighted by Gasteiger charge is -2.34. The molecule has 2 saturated heterocycles. The van der Waals surface area contributed by atoms with Crippen LogP contribution in [-0.4, -0.2) is 71.0 Å². The van der Waals surface area contributed by atoms with E-state index in [4.69, 9.17) is 15.9 Å². The molecule has 2 heterocycles. The molecular weight excluding hydrogens is 462 g/mol. The molecule has 2 aromatic carbocycles. The Morgan fingerprint density at radius 2 is 1.78 bits per heavy atom. The third-order valence-electron chi connectivity index (χ3n) is 6.73. The van der Waals surface area contributed by atoms with Gasteiger partial charge in [0.05, 0.1) is 6.61 Å². The monoisotopic (exact) mass is 493 g/mol. The number of nitrogens with two attached hydrogens (primary N) is 1. The van der Waals surface area contributed by atoms with Crippen molar-refractivity contribution in [1.29, 1.82) is 5.41 Å². The highest BCUT2D eigenvalue weighted by Crippen LogP contribution is 2.28. The number of amidine groups is 1. The third-order valence-corrected chi connectivity index (χ3v) is 6.73. The van der Waals surface area contributed by atoms with Crippen LogP contribution in [0.2, 0.25) is 0 Å². The fraction of sp³-hybridized carbons (Fsp3) is 0.385. The molecule has 2 aliphatic heterocycles. The summed E-state index contributed by atoms with van der Waals surface area (Å²) in [7, 11) is 0. The summed E-state index contributed by atoms with van der Waals surface area (Å²) in [5, 5.41) is 20.6. The number of carbonyl (C=O) groups is 3. The van der Waals surface area contributed by atoms with Gasteiger partial charge in [-0.1, -0.05) is 6.07 Å². The topological polar surface area (TPSA) is 149 Å². The van der Waals surface area contributed by atoms with Gasteiger partial charge in [0.25, 0.3) is 17.7 Å². The van der Waals surface area contributed by atoms with Gasteiger partial charge in [-0.2, -0.15) is 0 Å². The van der Waals surface area contributed by atoms with Crippen molar-refractivity contribution >= 4 is 34.9 Å².